The second-order valence-corrected chi connectivity index (χ2v) is 8.63. The van der Waals surface area contributed by atoms with Gasteiger partial charge in [0.15, 0.2) is 5.76 Å². The number of hydrogen-bond acceptors (Lipinski definition) is 5. The summed E-state index contributed by atoms with van der Waals surface area (Å²) in [5, 5.41) is 10.1. The van der Waals surface area contributed by atoms with E-state index in [-0.39, 0.29) is 28.7 Å². The molecule has 2 aromatic carbocycles. The van der Waals surface area contributed by atoms with Crippen molar-refractivity contribution in [2.45, 2.75) is 12.8 Å². The monoisotopic (exact) mass is 413 g/mol. The Morgan fingerprint density at radius 1 is 1.25 bits per heavy atom. The van der Waals surface area contributed by atoms with Gasteiger partial charge in [-0.2, -0.15) is 5.26 Å². The zero-order valence-corrected chi connectivity index (χ0v) is 16.5. The zero-order chi connectivity index (χ0) is 20.1. The molecule has 1 atom stereocenters. The minimum absolute atomic E-state index is 0.000988. The van der Waals surface area contributed by atoms with Gasteiger partial charge in [-0.3, -0.25) is 4.31 Å². The lowest BCUT2D eigenvalue weighted by Crippen LogP contribution is -2.39. The van der Waals surface area contributed by atoms with Gasteiger partial charge in [0.05, 0.1) is 11.6 Å². The maximum atomic E-state index is 13.6. The quantitative estimate of drug-likeness (QED) is 0.809. The summed E-state index contributed by atoms with van der Waals surface area (Å²) in [5.74, 6) is -0.859. The number of nitrogens with two attached hydrogens (primary N) is 1. The van der Waals surface area contributed by atoms with Gasteiger partial charge in [0.25, 0.3) is 10.0 Å². The number of anilines is 1. The third-order valence-corrected chi connectivity index (χ3v) is 7.07. The molecule has 0 bridgehead atoms. The van der Waals surface area contributed by atoms with Gasteiger partial charge in [0, 0.05) is 17.1 Å². The highest BCUT2D eigenvalue weighted by molar-refractivity contribution is 7.97. The zero-order valence-electron chi connectivity index (χ0n) is 14.9. The fourth-order valence-electron chi connectivity index (χ4n) is 3.67. The summed E-state index contributed by atoms with van der Waals surface area (Å²) in [6.07, 6.45) is 0. The number of para-hydroxylation sites is 1. The van der Waals surface area contributed by atoms with Crippen molar-refractivity contribution in [3.8, 4) is 6.07 Å². The predicted octanol–water partition coefficient (Wildman–Crippen LogP) is 3.69. The largest absolute Gasteiger partial charge is 0.439 e. The molecule has 0 aromatic heterocycles. The molecule has 4 rings (SSSR count). The highest BCUT2D eigenvalue weighted by Gasteiger charge is 2.46. The average Bonchev–Trinajstić information content (AvgIpc) is 2.67. The van der Waals surface area contributed by atoms with Crippen molar-refractivity contribution < 1.29 is 13.2 Å². The molecule has 2 N–H and O–H groups in total. The smallest absolute Gasteiger partial charge is 0.265 e. The van der Waals surface area contributed by atoms with Crippen LogP contribution in [0.2, 0.25) is 5.02 Å². The highest BCUT2D eigenvalue weighted by Crippen LogP contribution is 2.50. The molecule has 2 aromatic rings. The number of halogens is 1. The van der Waals surface area contributed by atoms with Crippen LogP contribution >= 0.6 is 11.6 Å². The third-order valence-electron chi connectivity index (χ3n) is 4.83. The lowest BCUT2D eigenvalue weighted by Gasteiger charge is -2.37. The van der Waals surface area contributed by atoms with E-state index in [0.717, 1.165) is 0 Å². The molecule has 0 spiro atoms. The van der Waals surface area contributed by atoms with Gasteiger partial charge in [-0.15, -0.1) is 0 Å². The number of ether oxygens (including phenoxy) is 1. The number of nitriles is 1. The highest BCUT2D eigenvalue weighted by atomic mass is 35.5. The summed E-state index contributed by atoms with van der Waals surface area (Å²) < 4.78 is 34.1. The van der Waals surface area contributed by atoms with E-state index in [9.17, 15) is 13.7 Å². The van der Waals surface area contributed by atoms with E-state index >= 15 is 0 Å². The van der Waals surface area contributed by atoms with E-state index in [4.69, 9.17) is 22.1 Å². The van der Waals surface area contributed by atoms with Crippen LogP contribution in [-0.2, 0) is 14.8 Å². The van der Waals surface area contributed by atoms with Crippen LogP contribution in [0, 0.1) is 11.3 Å². The number of rotatable bonds is 2. The van der Waals surface area contributed by atoms with Crippen molar-refractivity contribution in [1.82, 2.24) is 0 Å². The predicted molar refractivity (Wildman–Crippen MR) is 107 cm³/mol. The maximum Gasteiger partial charge on any atom is 0.265 e. The minimum Gasteiger partial charge on any atom is -0.439 e. The summed E-state index contributed by atoms with van der Waals surface area (Å²) in [7, 11) is -3.96. The molecule has 0 aliphatic carbocycles. The van der Waals surface area contributed by atoms with E-state index in [2.05, 4.69) is 0 Å². The van der Waals surface area contributed by atoms with Crippen LogP contribution in [0.15, 0.2) is 64.9 Å². The minimum atomic E-state index is -3.96. The number of fused-ring (bicyclic) bond motifs is 2. The Morgan fingerprint density at radius 2 is 2.00 bits per heavy atom. The lowest BCUT2D eigenvalue weighted by atomic mass is 9.88. The first kappa shape index (κ1) is 18.4. The summed E-state index contributed by atoms with van der Waals surface area (Å²) >= 11 is 6.14. The SMILES string of the molecule is CCN1c2ccccc2C2=C([C@H](c3cccc(Cl)c3)C(C#N)=C(N)O2)S1(=O)=O. The Balaban J connectivity index is 2.09. The Morgan fingerprint density at radius 3 is 2.68 bits per heavy atom. The van der Waals surface area contributed by atoms with E-state index in [1.54, 1.807) is 55.5 Å². The van der Waals surface area contributed by atoms with Gasteiger partial charge in [-0.25, -0.2) is 8.42 Å². The van der Waals surface area contributed by atoms with Crippen molar-refractivity contribution in [3.05, 3.63) is 81.0 Å². The Hall–Kier alpha value is -2.95. The van der Waals surface area contributed by atoms with Gasteiger partial charge in [-0.05, 0) is 36.8 Å². The number of hydrogen-bond donors (Lipinski definition) is 1. The summed E-state index contributed by atoms with van der Waals surface area (Å²) in [4.78, 5) is 0.000988. The summed E-state index contributed by atoms with van der Waals surface area (Å²) in [5.41, 5.74) is 7.76. The van der Waals surface area contributed by atoms with Crippen LogP contribution in [-0.4, -0.2) is 15.0 Å². The van der Waals surface area contributed by atoms with Crippen LogP contribution in [0.5, 0.6) is 0 Å². The van der Waals surface area contributed by atoms with Gasteiger partial charge < -0.3 is 10.5 Å². The second kappa shape index (κ2) is 6.59. The maximum absolute atomic E-state index is 13.6. The van der Waals surface area contributed by atoms with Crippen molar-refractivity contribution in [1.29, 1.82) is 5.26 Å². The molecule has 8 heteroatoms. The normalized spacial score (nSPS) is 20.2. The van der Waals surface area contributed by atoms with Crippen molar-refractivity contribution in [3.63, 3.8) is 0 Å². The van der Waals surface area contributed by atoms with Gasteiger partial charge in [0.1, 0.15) is 16.5 Å². The third kappa shape index (κ3) is 2.57. The first-order valence-corrected chi connectivity index (χ1v) is 10.4. The fraction of sp³-hybridized carbons (Fsp3) is 0.150. The molecule has 0 saturated carbocycles. The van der Waals surface area contributed by atoms with Crippen molar-refractivity contribution >= 4 is 33.1 Å². The molecule has 0 unspecified atom stereocenters. The molecule has 28 heavy (non-hydrogen) atoms. The van der Waals surface area contributed by atoms with Crippen LogP contribution in [0.25, 0.3) is 5.76 Å². The van der Waals surface area contributed by atoms with Gasteiger partial charge in [-0.1, -0.05) is 35.9 Å². The van der Waals surface area contributed by atoms with Crippen molar-refractivity contribution in [2.75, 3.05) is 10.8 Å². The molecule has 0 radical (unpaired) electrons. The second-order valence-electron chi connectivity index (χ2n) is 6.36. The molecule has 142 valence electrons. The summed E-state index contributed by atoms with van der Waals surface area (Å²) in [6.45, 7) is 1.99. The van der Waals surface area contributed by atoms with Crippen LogP contribution < -0.4 is 10.0 Å². The Kier molecular flexibility index (Phi) is 4.33. The topological polar surface area (TPSA) is 96.4 Å². The molecule has 6 nitrogen and oxygen atoms in total. The van der Waals surface area contributed by atoms with E-state index in [1.165, 1.54) is 4.31 Å². The molecule has 0 saturated heterocycles. The van der Waals surface area contributed by atoms with E-state index < -0.39 is 15.9 Å². The molecule has 2 aliphatic rings. The molecular weight excluding hydrogens is 398 g/mol. The lowest BCUT2D eigenvalue weighted by molar-refractivity contribution is 0.357. The van der Waals surface area contributed by atoms with Crippen LogP contribution in [0.1, 0.15) is 24.0 Å². The molecular formula is C20H16ClN3O3S. The average molecular weight is 414 g/mol. The molecule has 2 aliphatic heterocycles. The van der Waals surface area contributed by atoms with Crippen molar-refractivity contribution in [2.24, 2.45) is 5.73 Å². The Labute approximate surface area is 168 Å². The van der Waals surface area contributed by atoms with E-state index in [1.807, 2.05) is 6.07 Å². The standard InChI is InChI=1S/C20H16ClN3O3S/c1-2-24-16-9-4-3-8-14(16)18-19(28(24,25)26)17(15(11-22)20(23)27-18)12-6-5-7-13(21)10-12/h3-10,17H,2,23H2,1H3/t17-/m1/s1. The van der Waals surface area contributed by atoms with Gasteiger partial charge >= 0.3 is 0 Å². The molecule has 0 amide bonds. The molecule has 2 heterocycles. The number of allylic oxidation sites excluding steroid dienone is 2. The first-order chi connectivity index (χ1) is 13.4. The van der Waals surface area contributed by atoms with Gasteiger partial charge in [0.2, 0.25) is 5.88 Å². The number of sulfonamides is 1. The number of nitrogens with zero attached hydrogens (tertiary/aromatic N) is 2. The van der Waals surface area contributed by atoms with E-state index in [0.29, 0.717) is 21.8 Å². The summed E-state index contributed by atoms with van der Waals surface area (Å²) in [6, 6.07) is 15.8. The Bertz CT molecular complexity index is 1200. The number of benzene rings is 2. The van der Waals surface area contributed by atoms with Crippen LogP contribution in [0.4, 0.5) is 5.69 Å². The van der Waals surface area contributed by atoms with Crippen LogP contribution in [0.3, 0.4) is 0 Å². The fourth-order valence-corrected chi connectivity index (χ4v) is 5.80. The molecule has 0 fully saturated rings. The first-order valence-electron chi connectivity index (χ1n) is 8.59.